The average Bonchev–Trinajstić information content (AvgIpc) is 3.03. The van der Waals surface area contributed by atoms with Crippen LogP contribution in [-0.4, -0.2) is 49.6 Å². The zero-order chi connectivity index (χ0) is 17.6. The van der Waals surface area contributed by atoms with Crippen molar-refractivity contribution in [3.63, 3.8) is 0 Å². The molecule has 2 amide bonds. The van der Waals surface area contributed by atoms with E-state index >= 15 is 0 Å². The Hall–Kier alpha value is -2.50. The highest BCUT2D eigenvalue weighted by molar-refractivity contribution is 5.99. The average molecular weight is 344 g/mol. The number of para-hydroxylation sites is 1. The Labute approximate surface area is 147 Å². The topological polar surface area (TPSA) is 67.9 Å². The summed E-state index contributed by atoms with van der Waals surface area (Å²) in [5.41, 5.74) is 1.45. The largest absolute Gasteiger partial charge is 0.490 e. The van der Waals surface area contributed by atoms with Gasteiger partial charge in [-0.2, -0.15) is 0 Å². The summed E-state index contributed by atoms with van der Waals surface area (Å²) < 4.78 is 11.3. The number of rotatable bonds is 7. The molecule has 0 spiro atoms. The predicted molar refractivity (Wildman–Crippen MR) is 94.5 cm³/mol. The quantitative estimate of drug-likeness (QED) is 0.768. The van der Waals surface area contributed by atoms with Crippen LogP contribution in [0.3, 0.4) is 0 Å². The van der Waals surface area contributed by atoms with E-state index in [0.717, 1.165) is 24.9 Å². The molecule has 0 unspecified atom stereocenters. The molecule has 0 atom stereocenters. The van der Waals surface area contributed by atoms with Crippen molar-refractivity contribution in [2.24, 2.45) is 0 Å². The van der Waals surface area contributed by atoms with Crippen LogP contribution < -0.4 is 14.8 Å². The number of benzene rings is 1. The van der Waals surface area contributed by atoms with E-state index < -0.39 is 0 Å². The van der Waals surface area contributed by atoms with Crippen LogP contribution in [-0.2, 0) is 9.59 Å². The molecular weight excluding hydrogens is 320 g/mol. The molecule has 2 aliphatic heterocycles. The number of hydrogen-bond acceptors (Lipinski definition) is 4. The van der Waals surface area contributed by atoms with Crippen molar-refractivity contribution < 1.29 is 19.1 Å². The monoisotopic (exact) mass is 344 g/mol. The van der Waals surface area contributed by atoms with E-state index in [1.54, 1.807) is 0 Å². The van der Waals surface area contributed by atoms with Crippen LogP contribution in [0.2, 0.25) is 0 Å². The zero-order valence-corrected chi connectivity index (χ0v) is 14.5. The number of carbonyl (C=O) groups excluding carboxylic acids is 2. The summed E-state index contributed by atoms with van der Waals surface area (Å²) in [5.74, 6) is 1.48. The minimum Gasteiger partial charge on any atom is -0.490 e. The Morgan fingerprint density at radius 1 is 1.40 bits per heavy atom. The Balaban J connectivity index is 1.52. The molecule has 1 aromatic carbocycles. The molecule has 6 nitrogen and oxygen atoms in total. The zero-order valence-electron chi connectivity index (χ0n) is 14.5. The third-order valence-corrected chi connectivity index (χ3v) is 4.36. The molecule has 0 radical (unpaired) electrons. The molecule has 25 heavy (non-hydrogen) atoms. The summed E-state index contributed by atoms with van der Waals surface area (Å²) in [6, 6.07) is 5.65. The van der Waals surface area contributed by atoms with E-state index in [1.165, 1.54) is 0 Å². The Kier molecular flexibility index (Phi) is 5.58. The summed E-state index contributed by atoms with van der Waals surface area (Å²) in [6.07, 6.45) is 4.20. The van der Waals surface area contributed by atoms with E-state index in [0.29, 0.717) is 43.2 Å². The normalized spacial score (nSPS) is 16.1. The Bertz CT molecular complexity index is 684. The first-order valence-corrected chi connectivity index (χ1v) is 8.84. The first kappa shape index (κ1) is 17.3. The van der Waals surface area contributed by atoms with Crippen molar-refractivity contribution in [1.82, 2.24) is 10.2 Å². The van der Waals surface area contributed by atoms with Gasteiger partial charge in [-0.3, -0.25) is 9.59 Å². The number of ether oxygens (including phenoxy) is 2. The van der Waals surface area contributed by atoms with Gasteiger partial charge in [-0.25, -0.2) is 0 Å². The van der Waals surface area contributed by atoms with Crippen LogP contribution in [0, 0.1) is 0 Å². The number of likely N-dealkylation sites (tertiary alicyclic amines) is 1. The molecule has 1 saturated heterocycles. The lowest BCUT2D eigenvalue weighted by Crippen LogP contribution is -2.32. The molecule has 0 aromatic heterocycles. The van der Waals surface area contributed by atoms with Crippen LogP contribution in [0.25, 0.3) is 6.08 Å². The number of nitrogens with zero attached hydrogens (tertiary/aromatic N) is 1. The van der Waals surface area contributed by atoms with Crippen LogP contribution >= 0.6 is 0 Å². The molecular formula is C19H24N2O4. The fraction of sp³-hybridized carbons (Fsp3) is 0.474. The number of carbonyl (C=O) groups is 2. The Morgan fingerprint density at radius 2 is 2.28 bits per heavy atom. The maximum absolute atomic E-state index is 12.3. The van der Waals surface area contributed by atoms with Crippen molar-refractivity contribution in [2.75, 3.05) is 32.8 Å². The third-order valence-electron chi connectivity index (χ3n) is 4.36. The summed E-state index contributed by atoms with van der Waals surface area (Å²) in [7, 11) is 0. The predicted octanol–water partition coefficient (Wildman–Crippen LogP) is 1.99. The van der Waals surface area contributed by atoms with E-state index in [1.807, 2.05) is 36.1 Å². The lowest BCUT2D eigenvalue weighted by Gasteiger charge is -2.20. The molecule has 1 N–H and O–H groups in total. The molecule has 1 aromatic rings. The molecule has 3 rings (SSSR count). The molecule has 2 aliphatic rings. The molecule has 6 heteroatoms. The van der Waals surface area contributed by atoms with Gasteiger partial charge in [-0.05, 0) is 31.9 Å². The van der Waals surface area contributed by atoms with Crippen molar-refractivity contribution >= 4 is 17.9 Å². The van der Waals surface area contributed by atoms with Crippen LogP contribution in [0.1, 0.15) is 31.7 Å². The van der Waals surface area contributed by atoms with E-state index in [4.69, 9.17) is 9.47 Å². The summed E-state index contributed by atoms with van der Waals surface area (Å²) >= 11 is 0. The highest BCUT2D eigenvalue weighted by Crippen LogP contribution is 2.35. The number of fused-ring (bicyclic) bond motifs is 1. The number of amides is 2. The third kappa shape index (κ3) is 4.13. The van der Waals surface area contributed by atoms with Crippen LogP contribution in [0.5, 0.6) is 11.5 Å². The van der Waals surface area contributed by atoms with Gasteiger partial charge in [0.1, 0.15) is 6.61 Å². The second-order valence-electron chi connectivity index (χ2n) is 6.16. The highest BCUT2D eigenvalue weighted by Gasteiger charge is 2.21. The molecule has 0 aliphatic carbocycles. The lowest BCUT2D eigenvalue weighted by molar-refractivity contribution is -0.127. The standard InChI is InChI=1S/C19H24N2O4/c1-2-24-16-7-3-6-14-12-15(13-25-18(14)16)19(23)20-9-5-11-21-10-4-8-17(21)22/h3,6-7,12H,2,4-5,8-11,13H2,1H3,(H,20,23). The van der Waals surface area contributed by atoms with Gasteiger partial charge >= 0.3 is 0 Å². The summed E-state index contributed by atoms with van der Waals surface area (Å²) in [6.45, 7) is 4.81. The SMILES string of the molecule is CCOc1cccc2c1OCC(C(=O)NCCCN1CCCC1=O)=C2. The van der Waals surface area contributed by atoms with Gasteiger partial charge in [0.2, 0.25) is 5.91 Å². The molecule has 2 heterocycles. The van der Waals surface area contributed by atoms with Crippen LogP contribution in [0.15, 0.2) is 23.8 Å². The maximum Gasteiger partial charge on any atom is 0.250 e. The second-order valence-corrected chi connectivity index (χ2v) is 6.16. The fourth-order valence-corrected chi connectivity index (χ4v) is 3.11. The van der Waals surface area contributed by atoms with Gasteiger partial charge in [0.15, 0.2) is 11.5 Å². The number of nitrogens with one attached hydrogen (secondary N) is 1. The van der Waals surface area contributed by atoms with Gasteiger partial charge < -0.3 is 19.7 Å². The van der Waals surface area contributed by atoms with Crippen LogP contribution in [0.4, 0.5) is 0 Å². The van der Waals surface area contributed by atoms with Gasteiger partial charge in [0, 0.05) is 31.6 Å². The Morgan fingerprint density at radius 3 is 3.04 bits per heavy atom. The molecule has 1 fully saturated rings. The van der Waals surface area contributed by atoms with Crippen molar-refractivity contribution in [2.45, 2.75) is 26.2 Å². The summed E-state index contributed by atoms with van der Waals surface area (Å²) in [4.78, 5) is 25.7. The lowest BCUT2D eigenvalue weighted by atomic mass is 10.1. The van der Waals surface area contributed by atoms with Crippen molar-refractivity contribution in [3.05, 3.63) is 29.3 Å². The number of hydrogen-bond donors (Lipinski definition) is 1. The van der Waals surface area contributed by atoms with Gasteiger partial charge in [-0.15, -0.1) is 0 Å². The van der Waals surface area contributed by atoms with E-state index in [9.17, 15) is 9.59 Å². The van der Waals surface area contributed by atoms with Gasteiger partial charge in [-0.1, -0.05) is 12.1 Å². The van der Waals surface area contributed by atoms with Gasteiger partial charge in [0.05, 0.1) is 12.2 Å². The maximum atomic E-state index is 12.3. The molecule has 0 saturated carbocycles. The smallest absolute Gasteiger partial charge is 0.250 e. The minimum absolute atomic E-state index is 0.125. The minimum atomic E-state index is -0.125. The molecule has 0 bridgehead atoms. The summed E-state index contributed by atoms with van der Waals surface area (Å²) in [5, 5.41) is 2.91. The van der Waals surface area contributed by atoms with Gasteiger partial charge in [0.25, 0.3) is 5.91 Å². The fourth-order valence-electron chi connectivity index (χ4n) is 3.11. The van der Waals surface area contributed by atoms with Crippen molar-refractivity contribution in [3.8, 4) is 11.5 Å². The first-order valence-electron chi connectivity index (χ1n) is 8.84. The van der Waals surface area contributed by atoms with Crippen molar-refractivity contribution in [1.29, 1.82) is 0 Å². The van der Waals surface area contributed by atoms with E-state index in [2.05, 4.69) is 5.32 Å². The highest BCUT2D eigenvalue weighted by atomic mass is 16.5. The first-order chi connectivity index (χ1) is 12.2. The second kappa shape index (κ2) is 8.05. The molecule has 134 valence electrons. The van der Waals surface area contributed by atoms with E-state index in [-0.39, 0.29) is 18.4 Å².